The minimum Gasteiger partial charge on any atom is -0.649 e. The molecule has 0 amide bonds. The zero-order valence-corrected chi connectivity index (χ0v) is 44.8. The molecule has 4 aliphatic rings. The van der Waals surface area contributed by atoms with Gasteiger partial charge in [0.2, 0.25) is 0 Å². The third-order valence-corrected chi connectivity index (χ3v) is 6.11. The van der Waals surface area contributed by atoms with Gasteiger partial charge in [-0.2, -0.15) is 0 Å². The van der Waals surface area contributed by atoms with E-state index < -0.39 is 74.5 Å². The summed E-state index contributed by atoms with van der Waals surface area (Å²) in [7, 11) is 2.00. The molecular weight excluding hydrogens is 1250 g/mol. The predicted octanol–water partition coefficient (Wildman–Crippen LogP) is -12.4. The molecule has 0 aliphatic carbocycles. The second kappa shape index (κ2) is 90.4. The van der Waals surface area contributed by atoms with Crippen LogP contribution in [-0.2, 0) is 102 Å². The summed E-state index contributed by atoms with van der Waals surface area (Å²) in [5.74, 6) is 0. The van der Waals surface area contributed by atoms with Crippen molar-refractivity contribution in [1.29, 1.82) is 0 Å². The molecule has 34 N–H and O–H groups in total. The quantitative estimate of drug-likeness (QED) is 0.0675. The second-order valence-corrected chi connectivity index (χ2v) is 12.0. The van der Waals surface area contributed by atoms with Gasteiger partial charge in [-0.25, -0.2) is 0 Å². The van der Waals surface area contributed by atoms with Gasteiger partial charge in [-0.1, -0.05) is 33.6 Å². The Balaban J connectivity index is -0.0000000368. The molecule has 4 rings (SSSR count). The molecule has 0 spiro atoms. The molecule has 0 aromatic carbocycles. The number of nitrogens with zero attached hydrogens (tertiary/aromatic N) is 4. The number of hydrogen-bond donors (Lipinski definition) is 26. The van der Waals surface area contributed by atoms with Crippen LogP contribution in [0.5, 0.6) is 0 Å². The molecule has 4 heterocycles. The summed E-state index contributed by atoms with van der Waals surface area (Å²) in [6.45, 7) is 15.1. The van der Waals surface area contributed by atoms with Gasteiger partial charge >= 0.3 is 68.3 Å². The maximum absolute atomic E-state index is 8.28. The second-order valence-electron chi connectivity index (χ2n) is 12.0. The number of aliphatic hydroxyl groups is 18. The smallest absolute Gasteiger partial charge is 0.649 e. The molecule has 0 aromatic rings. The van der Waals surface area contributed by atoms with Crippen molar-refractivity contribution in [1.82, 2.24) is 21.3 Å². The number of rotatable bonds is 11. The zero-order chi connectivity index (χ0) is 49.9. The maximum Gasteiger partial charge on any atom is 2.00 e. The third kappa shape index (κ3) is 123. The summed E-state index contributed by atoms with van der Waals surface area (Å²) >= 11 is 0. The minimum atomic E-state index is -1.69. The molecule has 38 heteroatoms. The largest absolute Gasteiger partial charge is 2.00 e. The summed E-state index contributed by atoms with van der Waals surface area (Å²) in [4.78, 5) is 0. The number of aliphatic hydroxyl groups excluding tert-OH is 10. The molecular formula is C32H90Cu6N12O20+4. The Bertz CT molecular complexity index is 675. The van der Waals surface area contributed by atoms with Gasteiger partial charge in [0.15, 0.2) is 50.3 Å². The molecule has 4 atom stereocenters. The van der Waals surface area contributed by atoms with Gasteiger partial charge in [-0.15, -0.1) is 26.2 Å². The van der Waals surface area contributed by atoms with Crippen LogP contribution in [0.4, 0.5) is 0 Å². The van der Waals surface area contributed by atoms with Crippen molar-refractivity contribution in [3.63, 3.8) is 0 Å². The van der Waals surface area contributed by atoms with Crippen LogP contribution in [0, 0.1) is 0 Å². The fourth-order valence-electron chi connectivity index (χ4n) is 2.68. The van der Waals surface area contributed by atoms with Crippen molar-refractivity contribution in [3.8, 4) is 0 Å². The van der Waals surface area contributed by atoms with E-state index in [-0.39, 0.29) is 133 Å². The first-order chi connectivity index (χ1) is 29.0. The molecule has 4 fully saturated rings. The molecule has 0 aromatic heterocycles. The normalized spacial score (nSPS) is 14.8. The Morgan fingerprint density at radius 2 is 0.543 bits per heavy atom. The van der Waals surface area contributed by atoms with Crippen molar-refractivity contribution in [3.05, 3.63) is 21.3 Å². The summed E-state index contributed by atoms with van der Waals surface area (Å²) in [5.41, 5.74) is 19.9. The Hall–Kier alpha value is 1.84. The predicted molar refractivity (Wildman–Crippen MR) is 235 cm³/mol. The van der Waals surface area contributed by atoms with E-state index in [1.807, 2.05) is 0 Å². The first kappa shape index (κ1) is 112. The number of nitrogens with two attached hydrogens (primary N) is 4. The summed E-state index contributed by atoms with van der Waals surface area (Å²) < 4.78 is 0. The van der Waals surface area contributed by atoms with Crippen LogP contribution < -0.4 is 44.2 Å². The Labute approximate surface area is 475 Å². The van der Waals surface area contributed by atoms with E-state index in [1.54, 1.807) is 6.92 Å². The van der Waals surface area contributed by atoms with Gasteiger partial charge in [0.05, 0.1) is 24.2 Å². The van der Waals surface area contributed by atoms with Gasteiger partial charge in [-0.3, -0.25) is 0 Å². The van der Waals surface area contributed by atoms with E-state index in [0.29, 0.717) is 6.42 Å². The molecule has 70 heavy (non-hydrogen) atoms. The topological polar surface area (TPSA) is 636 Å². The summed E-state index contributed by atoms with van der Waals surface area (Å²) in [5, 5.41) is 173. The minimum absolute atomic E-state index is 0. The molecule has 4 aliphatic heterocycles. The van der Waals surface area contributed by atoms with Crippen LogP contribution in [-0.4, -0.2) is 271 Å². The fraction of sp³-hybridized carbons (Fsp3) is 1.00. The molecule has 6 radical (unpaired) electrons. The molecule has 32 nitrogen and oxygen atoms in total. The van der Waals surface area contributed by atoms with Crippen LogP contribution in [0.25, 0.3) is 21.3 Å². The van der Waals surface area contributed by atoms with Crippen molar-refractivity contribution in [2.45, 2.75) is 114 Å². The average molecular weight is 1340 g/mol. The van der Waals surface area contributed by atoms with Gasteiger partial charge in [0.25, 0.3) is 0 Å². The average Bonchev–Trinajstić information content (AvgIpc) is 4.07. The first-order valence-corrected chi connectivity index (χ1v) is 19.2. The Kier molecular flexibility index (Phi) is 144. The van der Waals surface area contributed by atoms with Gasteiger partial charge < -0.3 is 168 Å². The van der Waals surface area contributed by atoms with E-state index in [2.05, 4.69) is 42.5 Å². The van der Waals surface area contributed by atoms with Crippen LogP contribution in [0.1, 0.15) is 39.5 Å². The number of hydrogen-bond acceptors (Lipinski definition) is 26. The Morgan fingerprint density at radius 3 is 0.571 bits per heavy atom. The molecule has 0 bridgehead atoms. The monoisotopic (exact) mass is 1340 g/mol. The van der Waals surface area contributed by atoms with E-state index in [9.17, 15) is 0 Å². The van der Waals surface area contributed by atoms with E-state index in [4.69, 9.17) is 115 Å². The molecule has 4 unspecified atom stereocenters. The zero-order valence-electron chi connectivity index (χ0n) is 39.2. The van der Waals surface area contributed by atoms with Crippen LogP contribution in [0.3, 0.4) is 0 Å². The van der Waals surface area contributed by atoms with Crippen LogP contribution in [0.2, 0.25) is 0 Å². The fourth-order valence-corrected chi connectivity index (χ4v) is 2.68. The van der Waals surface area contributed by atoms with E-state index in [0.717, 1.165) is 93.3 Å². The SMILES string of the molecule is C1CNC[N-]1.C1CNC[N-]1.C1CNC[N-]1.C1CNC[N-]1.CC(N)C(O)O.CCC(O)O.CO.CO.NC(CC(O)O)C(O)O.NC(CC(O)O)C(O)O.NC(CC(O)O)C(O)O.O.O.[Cu+2].[Cu+2].[Cu+2].[Cu+2].[Cu].[Cu]. The van der Waals surface area contributed by atoms with Gasteiger partial charge in [-0.05, 0) is 39.5 Å². The van der Waals surface area contributed by atoms with Crippen molar-refractivity contribution in [2.24, 2.45) is 22.9 Å². The van der Waals surface area contributed by atoms with E-state index in [1.165, 1.54) is 6.92 Å². The van der Waals surface area contributed by atoms with Gasteiger partial charge in [0.1, 0.15) is 0 Å². The van der Waals surface area contributed by atoms with Crippen LogP contribution >= 0.6 is 0 Å². The van der Waals surface area contributed by atoms with Crippen molar-refractivity contribution >= 4 is 0 Å². The summed E-state index contributed by atoms with van der Waals surface area (Å²) in [6.07, 6.45) is -12.6. The Morgan fingerprint density at radius 1 is 0.386 bits per heavy atom. The molecule has 0 saturated carbocycles. The standard InChI is InChI=1S/3C4H11NO4.4C3H7N2.C3H9NO2.C3H8O2.2CH4O.6Cu.2H2O/c3*5-2(4(8)9)1-3(6)7;4*1-2-5-3-4-1;1-2(4)3(5)6;1-2-3(4)5;2*1-2;;;;;;;;/h3*2-4,6-9H,1,5H2;4*4H,1-3H2;2-3,5-6H,4H2,1H3;3-5H,2H2,1H3;2*2H,1H3;;;;;;;2*1H2/q;;;4*-1;;;;;;;4*+2;;. The number of nitrogens with one attached hydrogen (secondary N) is 4. The van der Waals surface area contributed by atoms with Gasteiger partial charge in [0, 0.05) is 67.6 Å². The molecule has 460 valence electrons. The summed E-state index contributed by atoms with van der Waals surface area (Å²) in [6, 6.07) is -3.52. The third-order valence-electron chi connectivity index (χ3n) is 6.11. The molecule has 4 saturated heterocycles. The first-order valence-electron chi connectivity index (χ1n) is 19.2. The van der Waals surface area contributed by atoms with Crippen molar-refractivity contribution in [2.75, 3.05) is 93.3 Å². The van der Waals surface area contributed by atoms with Crippen LogP contribution in [0.15, 0.2) is 0 Å². The maximum atomic E-state index is 8.28. The van der Waals surface area contributed by atoms with E-state index >= 15 is 0 Å². The van der Waals surface area contributed by atoms with Crippen molar-refractivity contribution < 1.29 is 205 Å².